The molecule has 2 atom stereocenters. The van der Waals surface area contributed by atoms with Crippen LogP contribution < -0.4 is 14.4 Å². The average Bonchev–Trinajstić information content (AvgIpc) is 2.81. The van der Waals surface area contributed by atoms with Crippen molar-refractivity contribution in [1.82, 2.24) is 10.2 Å². The van der Waals surface area contributed by atoms with Gasteiger partial charge in [0.05, 0.1) is 19.1 Å². The lowest BCUT2D eigenvalue weighted by Gasteiger charge is -2.33. The standard InChI is InChI=1S/C26H37N3O5S/c1-7-20(4)27-26(31)24(8-2)28(17-21-12-10-14-23(16-21)34-5)25(30)18-29(35(6,32)33)22-13-9-11-19(3)15-22/h9-16,20,24H,7-8,17-18H2,1-6H3,(H,27,31). The highest BCUT2D eigenvalue weighted by molar-refractivity contribution is 7.92. The summed E-state index contributed by atoms with van der Waals surface area (Å²) in [4.78, 5) is 28.3. The summed E-state index contributed by atoms with van der Waals surface area (Å²) < 4.78 is 31.7. The molecule has 2 unspecified atom stereocenters. The highest BCUT2D eigenvalue weighted by atomic mass is 32.2. The summed E-state index contributed by atoms with van der Waals surface area (Å²) in [6.45, 7) is 7.28. The summed E-state index contributed by atoms with van der Waals surface area (Å²) in [5, 5.41) is 2.96. The fraction of sp³-hybridized carbons (Fsp3) is 0.462. The summed E-state index contributed by atoms with van der Waals surface area (Å²) in [6, 6.07) is 13.4. The molecule has 2 rings (SSSR count). The van der Waals surface area contributed by atoms with Crippen LogP contribution in [0, 0.1) is 6.92 Å². The largest absolute Gasteiger partial charge is 0.497 e. The van der Waals surface area contributed by atoms with E-state index in [2.05, 4.69) is 5.32 Å². The number of nitrogens with zero attached hydrogens (tertiary/aromatic N) is 2. The van der Waals surface area contributed by atoms with Gasteiger partial charge < -0.3 is 15.0 Å². The van der Waals surface area contributed by atoms with Crippen LogP contribution in [0.3, 0.4) is 0 Å². The molecule has 0 saturated carbocycles. The van der Waals surface area contributed by atoms with E-state index in [-0.39, 0.29) is 18.5 Å². The molecule has 0 saturated heterocycles. The molecule has 192 valence electrons. The first-order chi connectivity index (χ1) is 16.5. The third kappa shape index (κ3) is 7.99. The van der Waals surface area contributed by atoms with Gasteiger partial charge in [-0.05, 0) is 62.1 Å². The van der Waals surface area contributed by atoms with Gasteiger partial charge in [0.2, 0.25) is 21.8 Å². The number of aryl methyl sites for hydroxylation is 1. The lowest BCUT2D eigenvalue weighted by Crippen LogP contribution is -2.53. The van der Waals surface area contributed by atoms with Crippen molar-refractivity contribution in [2.45, 2.75) is 59.2 Å². The van der Waals surface area contributed by atoms with Gasteiger partial charge in [0.25, 0.3) is 0 Å². The van der Waals surface area contributed by atoms with Gasteiger partial charge in [-0.25, -0.2) is 8.42 Å². The van der Waals surface area contributed by atoms with Crippen LogP contribution >= 0.6 is 0 Å². The second-order valence-corrected chi connectivity index (χ2v) is 10.6. The van der Waals surface area contributed by atoms with E-state index in [1.165, 1.54) is 4.90 Å². The monoisotopic (exact) mass is 503 g/mol. The number of ether oxygens (including phenoxy) is 1. The Kier molecular flexibility index (Phi) is 10.1. The smallest absolute Gasteiger partial charge is 0.244 e. The third-order valence-corrected chi connectivity index (χ3v) is 6.98. The molecule has 1 N–H and O–H groups in total. The van der Waals surface area contributed by atoms with Gasteiger partial charge in [-0.15, -0.1) is 0 Å². The van der Waals surface area contributed by atoms with E-state index in [4.69, 9.17) is 4.74 Å². The Morgan fingerprint density at radius 1 is 1.06 bits per heavy atom. The van der Waals surface area contributed by atoms with Crippen LogP contribution in [0.5, 0.6) is 5.75 Å². The third-order valence-electron chi connectivity index (χ3n) is 5.84. The van der Waals surface area contributed by atoms with E-state index in [9.17, 15) is 18.0 Å². The Labute approximate surface area is 209 Å². The molecule has 2 aromatic rings. The highest BCUT2D eigenvalue weighted by Crippen LogP contribution is 2.22. The van der Waals surface area contributed by atoms with Crippen LogP contribution in [-0.4, -0.2) is 57.1 Å². The van der Waals surface area contributed by atoms with Gasteiger partial charge in [0.1, 0.15) is 18.3 Å². The number of carbonyl (C=O) groups excluding carboxylic acids is 2. The summed E-state index contributed by atoms with van der Waals surface area (Å²) in [5.74, 6) is -0.102. The Balaban J connectivity index is 2.45. The summed E-state index contributed by atoms with van der Waals surface area (Å²) in [7, 11) is -2.20. The van der Waals surface area contributed by atoms with Crippen molar-refractivity contribution in [2.24, 2.45) is 0 Å². The zero-order chi connectivity index (χ0) is 26.2. The lowest BCUT2D eigenvalue weighted by atomic mass is 10.1. The first-order valence-electron chi connectivity index (χ1n) is 11.8. The van der Waals surface area contributed by atoms with Crippen LogP contribution in [0.4, 0.5) is 5.69 Å². The van der Waals surface area contributed by atoms with E-state index in [0.29, 0.717) is 17.9 Å². The number of methoxy groups -OCH3 is 1. The van der Waals surface area contributed by atoms with Crippen LogP contribution in [-0.2, 0) is 26.2 Å². The van der Waals surface area contributed by atoms with Crippen molar-refractivity contribution >= 4 is 27.5 Å². The molecular formula is C26H37N3O5S. The van der Waals surface area contributed by atoms with Crippen molar-refractivity contribution in [1.29, 1.82) is 0 Å². The number of nitrogens with one attached hydrogen (secondary N) is 1. The highest BCUT2D eigenvalue weighted by Gasteiger charge is 2.32. The van der Waals surface area contributed by atoms with Gasteiger partial charge in [-0.1, -0.05) is 38.1 Å². The number of rotatable bonds is 12. The molecule has 0 aliphatic rings. The first kappa shape index (κ1) is 28.2. The predicted octanol–water partition coefficient (Wildman–Crippen LogP) is 3.49. The quantitative estimate of drug-likeness (QED) is 0.478. The topological polar surface area (TPSA) is 96.0 Å². The van der Waals surface area contributed by atoms with Crippen molar-refractivity contribution in [3.05, 3.63) is 59.7 Å². The molecule has 0 fully saturated rings. The lowest BCUT2D eigenvalue weighted by molar-refractivity contribution is -0.140. The number of sulfonamides is 1. The van der Waals surface area contributed by atoms with Crippen molar-refractivity contribution in [2.75, 3.05) is 24.2 Å². The van der Waals surface area contributed by atoms with Gasteiger partial charge in [0.15, 0.2) is 0 Å². The van der Waals surface area contributed by atoms with Crippen LogP contribution in [0.1, 0.15) is 44.7 Å². The zero-order valence-corrected chi connectivity index (χ0v) is 22.3. The summed E-state index contributed by atoms with van der Waals surface area (Å²) >= 11 is 0. The number of carbonyl (C=O) groups is 2. The van der Waals surface area contributed by atoms with E-state index < -0.39 is 28.5 Å². The molecule has 0 radical (unpaired) electrons. The molecule has 0 bridgehead atoms. The number of amides is 2. The second-order valence-electron chi connectivity index (χ2n) is 8.72. The van der Waals surface area contributed by atoms with Crippen molar-refractivity contribution in [3.8, 4) is 5.75 Å². The molecule has 0 aliphatic heterocycles. The Morgan fingerprint density at radius 2 is 1.74 bits per heavy atom. The Hall–Kier alpha value is -3.07. The molecule has 0 aromatic heterocycles. The SMILES string of the molecule is CCC(C)NC(=O)C(CC)N(Cc1cccc(OC)c1)C(=O)CN(c1cccc(C)c1)S(C)(=O)=O. The van der Waals surface area contributed by atoms with Gasteiger partial charge in [-0.2, -0.15) is 0 Å². The summed E-state index contributed by atoms with van der Waals surface area (Å²) in [5.41, 5.74) is 2.05. The number of anilines is 1. The van der Waals surface area contributed by atoms with Crippen LogP contribution in [0.2, 0.25) is 0 Å². The van der Waals surface area contributed by atoms with E-state index in [1.54, 1.807) is 37.4 Å². The molecule has 0 aliphatic carbocycles. The Morgan fingerprint density at radius 3 is 2.31 bits per heavy atom. The molecule has 0 spiro atoms. The van der Waals surface area contributed by atoms with Crippen molar-refractivity contribution < 1.29 is 22.7 Å². The second kappa shape index (κ2) is 12.6. The Bertz CT molecular complexity index is 1120. The minimum Gasteiger partial charge on any atom is -0.497 e. The molecular weight excluding hydrogens is 466 g/mol. The van der Waals surface area contributed by atoms with Gasteiger partial charge in [-0.3, -0.25) is 13.9 Å². The predicted molar refractivity (Wildman–Crippen MR) is 139 cm³/mol. The normalized spacial score (nSPS) is 13.0. The fourth-order valence-electron chi connectivity index (χ4n) is 3.72. The van der Waals surface area contributed by atoms with Crippen molar-refractivity contribution in [3.63, 3.8) is 0 Å². The molecule has 0 heterocycles. The maximum absolute atomic E-state index is 13.7. The van der Waals surface area contributed by atoms with E-state index in [0.717, 1.165) is 28.1 Å². The maximum Gasteiger partial charge on any atom is 0.244 e. The van der Waals surface area contributed by atoms with E-state index in [1.807, 2.05) is 45.9 Å². The molecule has 2 amide bonds. The fourth-order valence-corrected chi connectivity index (χ4v) is 4.57. The number of benzene rings is 2. The summed E-state index contributed by atoms with van der Waals surface area (Å²) in [6.07, 6.45) is 2.20. The average molecular weight is 504 g/mol. The van der Waals surface area contributed by atoms with Crippen LogP contribution in [0.25, 0.3) is 0 Å². The number of hydrogen-bond acceptors (Lipinski definition) is 5. The molecule has 9 heteroatoms. The zero-order valence-electron chi connectivity index (χ0n) is 21.4. The van der Waals surface area contributed by atoms with Gasteiger partial charge in [0, 0.05) is 12.6 Å². The van der Waals surface area contributed by atoms with Gasteiger partial charge >= 0.3 is 0 Å². The minimum atomic E-state index is -3.76. The molecule has 35 heavy (non-hydrogen) atoms. The first-order valence-corrected chi connectivity index (χ1v) is 13.6. The van der Waals surface area contributed by atoms with Crippen LogP contribution in [0.15, 0.2) is 48.5 Å². The molecule has 8 nitrogen and oxygen atoms in total. The molecule has 2 aromatic carbocycles. The van der Waals surface area contributed by atoms with E-state index >= 15 is 0 Å². The number of hydrogen-bond donors (Lipinski definition) is 1. The minimum absolute atomic E-state index is 0.0508. The maximum atomic E-state index is 13.7.